The molecule has 0 amide bonds. The molecule has 19 heavy (non-hydrogen) atoms. The lowest BCUT2D eigenvalue weighted by atomic mass is 10.0. The summed E-state index contributed by atoms with van der Waals surface area (Å²) in [5.74, 6) is 0.649. The van der Waals surface area contributed by atoms with Crippen LogP contribution in [-0.2, 0) is 13.5 Å². The van der Waals surface area contributed by atoms with Crippen LogP contribution in [0.3, 0.4) is 0 Å². The van der Waals surface area contributed by atoms with Gasteiger partial charge >= 0.3 is 0 Å². The van der Waals surface area contributed by atoms with E-state index in [1.807, 2.05) is 26.1 Å². The SMILES string of the molecule is CCC(NCCc1ncn(C)n1)c1ccccc1F. The highest BCUT2D eigenvalue weighted by molar-refractivity contribution is 5.21. The third kappa shape index (κ3) is 3.61. The summed E-state index contributed by atoms with van der Waals surface area (Å²) in [6, 6.07) is 6.94. The van der Waals surface area contributed by atoms with Crippen LogP contribution in [0.2, 0.25) is 0 Å². The van der Waals surface area contributed by atoms with E-state index in [0.717, 1.165) is 30.8 Å². The molecule has 0 spiro atoms. The van der Waals surface area contributed by atoms with Crippen LogP contribution in [0.1, 0.15) is 30.8 Å². The van der Waals surface area contributed by atoms with Crippen molar-refractivity contribution in [1.29, 1.82) is 0 Å². The van der Waals surface area contributed by atoms with Crippen LogP contribution in [0.5, 0.6) is 0 Å². The van der Waals surface area contributed by atoms with Crippen molar-refractivity contribution in [3.05, 3.63) is 47.8 Å². The maximum absolute atomic E-state index is 13.7. The summed E-state index contributed by atoms with van der Waals surface area (Å²) >= 11 is 0. The van der Waals surface area contributed by atoms with Gasteiger partial charge in [-0.2, -0.15) is 5.10 Å². The number of nitrogens with zero attached hydrogens (tertiary/aromatic N) is 3. The molecule has 0 aliphatic rings. The van der Waals surface area contributed by atoms with E-state index in [0.29, 0.717) is 0 Å². The van der Waals surface area contributed by atoms with Crippen LogP contribution in [0, 0.1) is 5.82 Å². The number of halogens is 1. The van der Waals surface area contributed by atoms with Crippen LogP contribution in [0.25, 0.3) is 0 Å². The summed E-state index contributed by atoms with van der Waals surface area (Å²) in [5, 5.41) is 7.57. The lowest BCUT2D eigenvalue weighted by molar-refractivity contribution is 0.488. The fraction of sp³-hybridized carbons (Fsp3) is 0.429. The van der Waals surface area contributed by atoms with E-state index in [9.17, 15) is 4.39 Å². The first-order valence-corrected chi connectivity index (χ1v) is 6.53. The van der Waals surface area contributed by atoms with Gasteiger partial charge in [0, 0.05) is 31.6 Å². The zero-order valence-corrected chi connectivity index (χ0v) is 11.3. The Balaban J connectivity index is 1.91. The molecule has 2 rings (SSSR count). The molecule has 0 aliphatic heterocycles. The Morgan fingerprint density at radius 1 is 1.37 bits per heavy atom. The van der Waals surface area contributed by atoms with Crippen LogP contribution >= 0.6 is 0 Å². The summed E-state index contributed by atoms with van der Waals surface area (Å²) in [7, 11) is 1.85. The lowest BCUT2D eigenvalue weighted by Gasteiger charge is -2.17. The van der Waals surface area contributed by atoms with Gasteiger partial charge < -0.3 is 5.32 Å². The molecular formula is C14H19FN4. The molecule has 1 atom stereocenters. The van der Waals surface area contributed by atoms with Crippen molar-refractivity contribution in [2.75, 3.05) is 6.54 Å². The minimum Gasteiger partial charge on any atom is -0.309 e. The zero-order valence-electron chi connectivity index (χ0n) is 11.3. The second-order valence-corrected chi connectivity index (χ2v) is 4.52. The average molecular weight is 262 g/mol. The van der Waals surface area contributed by atoms with Crippen molar-refractivity contribution in [3.63, 3.8) is 0 Å². The van der Waals surface area contributed by atoms with Crippen LogP contribution in [-0.4, -0.2) is 21.3 Å². The number of rotatable bonds is 6. The fourth-order valence-corrected chi connectivity index (χ4v) is 2.09. The molecule has 0 aliphatic carbocycles. The summed E-state index contributed by atoms with van der Waals surface area (Å²) < 4.78 is 15.4. The van der Waals surface area contributed by atoms with Crippen LogP contribution < -0.4 is 5.32 Å². The first kappa shape index (κ1) is 13.7. The molecule has 0 bridgehead atoms. The van der Waals surface area contributed by atoms with E-state index in [1.54, 1.807) is 17.1 Å². The van der Waals surface area contributed by atoms with Crippen molar-refractivity contribution in [2.24, 2.45) is 7.05 Å². The molecule has 1 heterocycles. The standard InChI is InChI=1S/C14H19FN4/c1-3-13(11-6-4-5-7-12(11)15)16-9-8-14-17-10-19(2)18-14/h4-7,10,13,16H,3,8-9H2,1-2H3. The monoisotopic (exact) mass is 262 g/mol. The molecule has 5 heteroatoms. The second-order valence-electron chi connectivity index (χ2n) is 4.52. The molecule has 2 aromatic rings. The number of nitrogens with one attached hydrogen (secondary N) is 1. The van der Waals surface area contributed by atoms with E-state index < -0.39 is 0 Å². The van der Waals surface area contributed by atoms with Crippen LogP contribution in [0.4, 0.5) is 4.39 Å². The lowest BCUT2D eigenvalue weighted by Crippen LogP contribution is -2.24. The summed E-state index contributed by atoms with van der Waals surface area (Å²) in [6.07, 6.45) is 3.27. The normalized spacial score (nSPS) is 12.6. The van der Waals surface area contributed by atoms with Gasteiger partial charge in [-0.25, -0.2) is 9.37 Å². The number of benzene rings is 1. The quantitative estimate of drug-likeness (QED) is 0.868. The van der Waals surface area contributed by atoms with Crippen molar-refractivity contribution in [2.45, 2.75) is 25.8 Å². The smallest absolute Gasteiger partial charge is 0.151 e. The van der Waals surface area contributed by atoms with Gasteiger partial charge in [0.05, 0.1) is 0 Å². The van der Waals surface area contributed by atoms with Gasteiger partial charge in [-0.1, -0.05) is 25.1 Å². The Morgan fingerprint density at radius 3 is 2.79 bits per heavy atom. The first-order valence-electron chi connectivity index (χ1n) is 6.53. The summed E-state index contributed by atoms with van der Waals surface area (Å²) in [6.45, 7) is 2.78. The van der Waals surface area contributed by atoms with Gasteiger partial charge in [0.2, 0.25) is 0 Å². The molecule has 4 nitrogen and oxygen atoms in total. The Bertz CT molecular complexity index is 524. The number of aromatic nitrogens is 3. The summed E-state index contributed by atoms with van der Waals surface area (Å²) in [5.41, 5.74) is 0.721. The van der Waals surface area contributed by atoms with Gasteiger partial charge in [0.25, 0.3) is 0 Å². The van der Waals surface area contributed by atoms with Gasteiger partial charge in [-0.15, -0.1) is 0 Å². The maximum atomic E-state index is 13.7. The van der Waals surface area contributed by atoms with Gasteiger partial charge in [0.15, 0.2) is 5.82 Å². The Kier molecular flexibility index (Phi) is 4.63. The molecule has 1 N–H and O–H groups in total. The van der Waals surface area contributed by atoms with E-state index >= 15 is 0 Å². The van der Waals surface area contributed by atoms with E-state index in [2.05, 4.69) is 15.4 Å². The Morgan fingerprint density at radius 2 is 2.16 bits per heavy atom. The largest absolute Gasteiger partial charge is 0.309 e. The Labute approximate surface area is 112 Å². The predicted molar refractivity (Wildman–Crippen MR) is 72.1 cm³/mol. The third-order valence-corrected chi connectivity index (χ3v) is 3.08. The molecule has 0 saturated carbocycles. The first-order chi connectivity index (χ1) is 9.20. The molecule has 0 radical (unpaired) electrons. The molecule has 1 unspecified atom stereocenters. The predicted octanol–water partition coefficient (Wildman–Crippen LogP) is 2.24. The van der Waals surface area contributed by atoms with E-state index in [4.69, 9.17) is 0 Å². The van der Waals surface area contributed by atoms with Gasteiger partial charge in [-0.05, 0) is 12.5 Å². The molecule has 1 aromatic carbocycles. The minimum atomic E-state index is -0.155. The second kappa shape index (κ2) is 6.43. The highest BCUT2D eigenvalue weighted by Crippen LogP contribution is 2.19. The maximum Gasteiger partial charge on any atom is 0.151 e. The third-order valence-electron chi connectivity index (χ3n) is 3.08. The molecular weight excluding hydrogens is 243 g/mol. The van der Waals surface area contributed by atoms with Crippen LogP contribution in [0.15, 0.2) is 30.6 Å². The number of hydrogen-bond acceptors (Lipinski definition) is 3. The van der Waals surface area contributed by atoms with E-state index in [-0.39, 0.29) is 11.9 Å². The highest BCUT2D eigenvalue weighted by atomic mass is 19.1. The minimum absolute atomic E-state index is 0.0323. The van der Waals surface area contributed by atoms with Crippen molar-refractivity contribution >= 4 is 0 Å². The molecule has 1 aromatic heterocycles. The van der Waals surface area contributed by atoms with Gasteiger partial charge in [0.1, 0.15) is 12.1 Å². The number of aryl methyl sites for hydroxylation is 1. The number of hydrogen-bond donors (Lipinski definition) is 1. The molecule has 0 fully saturated rings. The van der Waals surface area contributed by atoms with Crippen molar-refractivity contribution < 1.29 is 4.39 Å². The van der Waals surface area contributed by atoms with Gasteiger partial charge in [-0.3, -0.25) is 4.68 Å². The van der Waals surface area contributed by atoms with E-state index in [1.165, 1.54) is 6.07 Å². The van der Waals surface area contributed by atoms with Crippen molar-refractivity contribution in [3.8, 4) is 0 Å². The fourth-order valence-electron chi connectivity index (χ4n) is 2.09. The Hall–Kier alpha value is -1.75. The summed E-state index contributed by atoms with van der Waals surface area (Å²) in [4.78, 5) is 4.17. The zero-order chi connectivity index (χ0) is 13.7. The topological polar surface area (TPSA) is 42.7 Å². The average Bonchev–Trinajstić information content (AvgIpc) is 2.82. The van der Waals surface area contributed by atoms with Crippen molar-refractivity contribution in [1.82, 2.24) is 20.1 Å². The molecule has 0 saturated heterocycles. The molecule has 102 valence electrons. The highest BCUT2D eigenvalue weighted by Gasteiger charge is 2.12.